The number of alkyl halides is 6. The van der Waals surface area contributed by atoms with Crippen molar-refractivity contribution >= 4 is 39.2 Å². The van der Waals surface area contributed by atoms with Gasteiger partial charge in [-0.3, -0.25) is 0 Å². The predicted octanol–water partition coefficient (Wildman–Crippen LogP) is 5.45. The van der Waals surface area contributed by atoms with E-state index in [-0.39, 0.29) is 17.6 Å². The van der Waals surface area contributed by atoms with Crippen LogP contribution in [0.15, 0.2) is 35.2 Å². The van der Waals surface area contributed by atoms with Crippen molar-refractivity contribution in [3.05, 3.63) is 40.9 Å². The van der Waals surface area contributed by atoms with Crippen LogP contribution in [0.25, 0.3) is 11.1 Å². The number of H-pyrrole nitrogens is 1. The summed E-state index contributed by atoms with van der Waals surface area (Å²) in [5, 5.41) is 7.86. The van der Waals surface area contributed by atoms with Gasteiger partial charge in [-0.25, -0.2) is 18.2 Å². The van der Waals surface area contributed by atoms with Crippen molar-refractivity contribution in [2.24, 2.45) is 0 Å². The Balaban J connectivity index is 2.20. The molecular formula is C20H19ClF6N6O3S. The lowest BCUT2D eigenvalue weighted by atomic mass is 9.98. The van der Waals surface area contributed by atoms with Crippen molar-refractivity contribution in [3.8, 4) is 16.9 Å². The third kappa shape index (κ3) is 7.17. The van der Waals surface area contributed by atoms with E-state index in [1.54, 1.807) is 0 Å². The lowest BCUT2D eigenvalue weighted by Crippen LogP contribution is -2.40. The number of nitrogens with two attached hydrogens (primary N) is 1. The fourth-order valence-corrected chi connectivity index (χ4v) is 5.06. The van der Waals surface area contributed by atoms with E-state index >= 15 is 0 Å². The summed E-state index contributed by atoms with van der Waals surface area (Å²) in [6, 6.07) is 3.78. The van der Waals surface area contributed by atoms with Crippen LogP contribution in [0.5, 0.6) is 5.75 Å². The molecule has 0 amide bonds. The van der Waals surface area contributed by atoms with Crippen molar-refractivity contribution in [1.82, 2.24) is 19.9 Å². The monoisotopic (exact) mass is 572 g/mol. The Morgan fingerprint density at radius 3 is 2.22 bits per heavy atom. The minimum atomic E-state index is -5.35. The largest absolute Gasteiger partial charge is 0.573 e. The molecule has 1 heterocycles. The van der Waals surface area contributed by atoms with E-state index in [0.717, 1.165) is 12.1 Å². The zero-order valence-electron chi connectivity index (χ0n) is 19.1. The minimum absolute atomic E-state index is 0.116. The molecular weight excluding hydrogens is 554 g/mol. The summed E-state index contributed by atoms with van der Waals surface area (Å²) >= 11 is 6.14. The first-order valence-corrected chi connectivity index (χ1v) is 11.9. The van der Waals surface area contributed by atoms with Crippen LogP contribution in [0.4, 0.5) is 43.9 Å². The molecule has 0 aliphatic heterocycles. The average molecular weight is 573 g/mol. The van der Waals surface area contributed by atoms with E-state index in [9.17, 15) is 34.8 Å². The maximum absolute atomic E-state index is 14.0. The number of rotatable bonds is 6. The number of nitrogen functional groups attached to an aromatic ring is 1. The number of nitrogens with one attached hydrogen (secondary N) is 3. The minimum Gasteiger partial charge on any atom is -0.404 e. The lowest BCUT2D eigenvalue weighted by molar-refractivity contribution is -0.275. The summed E-state index contributed by atoms with van der Waals surface area (Å²) in [6.07, 6.45) is -10.4. The number of anilines is 3. The van der Waals surface area contributed by atoms with Gasteiger partial charge in [-0.2, -0.15) is 18.2 Å². The Hall–Kier alpha value is -3.24. The molecule has 37 heavy (non-hydrogen) atoms. The molecule has 2 aromatic carbocycles. The van der Waals surface area contributed by atoms with E-state index in [0.29, 0.717) is 18.2 Å². The van der Waals surface area contributed by atoms with Crippen LogP contribution in [0.3, 0.4) is 0 Å². The maximum atomic E-state index is 14.0. The Morgan fingerprint density at radius 1 is 1.05 bits per heavy atom. The number of aromatic amines is 1. The average Bonchev–Trinajstić information content (AvgIpc) is 3.08. The van der Waals surface area contributed by atoms with Crippen molar-refractivity contribution < 1.29 is 39.5 Å². The van der Waals surface area contributed by atoms with Gasteiger partial charge in [-0.1, -0.05) is 17.7 Å². The number of benzene rings is 2. The number of hydrogen-bond donors (Lipinski definition) is 4. The maximum Gasteiger partial charge on any atom is 0.573 e. The first kappa shape index (κ1) is 28.3. The molecule has 202 valence electrons. The van der Waals surface area contributed by atoms with Crippen molar-refractivity contribution in [1.29, 1.82) is 0 Å². The smallest absolute Gasteiger partial charge is 0.404 e. The molecule has 0 spiro atoms. The normalized spacial score (nSPS) is 13.0. The Kier molecular flexibility index (Phi) is 7.33. The molecule has 9 nitrogen and oxygen atoms in total. The summed E-state index contributed by atoms with van der Waals surface area (Å²) in [6.45, 7) is 4.34. The van der Waals surface area contributed by atoms with Crippen molar-refractivity contribution in [2.45, 2.75) is 43.7 Å². The summed E-state index contributed by atoms with van der Waals surface area (Å²) in [5.41, 5.74) is 1.55. The van der Waals surface area contributed by atoms with Gasteiger partial charge in [-0.05, 0) is 50.6 Å². The zero-order valence-corrected chi connectivity index (χ0v) is 20.7. The lowest BCUT2D eigenvalue weighted by Gasteiger charge is -2.23. The van der Waals surface area contributed by atoms with Gasteiger partial charge in [0, 0.05) is 16.8 Å². The van der Waals surface area contributed by atoms with Crippen LogP contribution in [0.1, 0.15) is 26.3 Å². The van der Waals surface area contributed by atoms with Crippen LogP contribution < -0.4 is 20.5 Å². The SMILES string of the molecule is CC(C)(C)NS(=O)(=O)c1ccc(-c2c(Cl)cc(Nc3n[nH]c(N)n3)cc2C(F)(F)F)cc1OC(F)(F)F. The standard InChI is InChI=1S/C20H19ClF6N6O3S/c1-18(2,3)33-37(34,35)14-5-4-9(6-13(14)36-20(25,26)27)15-11(19(22,23)24)7-10(8-12(15)21)29-17-30-16(28)31-32-17/h4-8,33H,1-3H3,(H4,28,29,30,31,32). The number of halogens is 7. The number of sulfonamides is 1. The molecule has 0 radical (unpaired) electrons. The molecule has 5 N–H and O–H groups in total. The fourth-order valence-electron chi connectivity index (χ4n) is 3.20. The van der Waals surface area contributed by atoms with E-state index in [1.165, 1.54) is 20.8 Å². The number of ether oxygens (including phenoxy) is 1. The quantitative estimate of drug-likeness (QED) is 0.289. The van der Waals surface area contributed by atoms with Crippen LogP contribution in [0.2, 0.25) is 5.02 Å². The van der Waals surface area contributed by atoms with Crippen LogP contribution in [-0.4, -0.2) is 35.5 Å². The van der Waals surface area contributed by atoms with Gasteiger partial charge in [0.2, 0.25) is 21.9 Å². The van der Waals surface area contributed by atoms with Gasteiger partial charge in [-0.15, -0.1) is 18.3 Å². The van der Waals surface area contributed by atoms with E-state index in [1.807, 2.05) is 0 Å². The van der Waals surface area contributed by atoms with Crippen LogP contribution >= 0.6 is 11.6 Å². The highest BCUT2D eigenvalue weighted by Gasteiger charge is 2.38. The Labute approximate surface area is 211 Å². The molecule has 0 aliphatic rings. The molecule has 0 atom stereocenters. The summed E-state index contributed by atoms with van der Waals surface area (Å²) in [5.74, 6) is -1.53. The molecule has 0 saturated carbocycles. The van der Waals surface area contributed by atoms with Crippen LogP contribution in [-0.2, 0) is 16.2 Å². The fraction of sp³-hybridized carbons (Fsp3) is 0.300. The van der Waals surface area contributed by atoms with Crippen molar-refractivity contribution in [3.63, 3.8) is 0 Å². The number of aromatic nitrogens is 3. The van der Waals surface area contributed by atoms with Gasteiger partial charge in [0.1, 0.15) is 10.6 Å². The molecule has 1 aromatic heterocycles. The molecule has 0 saturated heterocycles. The third-order valence-electron chi connectivity index (χ3n) is 4.34. The molecule has 3 rings (SSSR count). The topological polar surface area (TPSA) is 135 Å². The second kappa shape index (κ2) is 9.57. The molecule has 0 unspecified atom stereocenters. The number of hydrogen-bond acceptors (Lipinski definition) is 7. The van der Waals surface area contributed by atoms with Gasteiger partial charge < -0.3 is 15.8 Å². The molecule has 17 heteroatoms. The Morgan fingerprint density at radius 2 is 1.70 bits per heavy atom. The highest BCUT2D eigenvalue weighted by atomic mass is 35.5. The van der Waals surface area contributed by atoms with Gasteiger partial charge in [0.05, 0.1) is 10.6 Å². The molecule has 0 bridgehead atoms. The van der Waals surface area contributed by atoms with Gasteiger partial charge >= 0.3 is 12.5 Å². The van der Waals surface area contributed by atoms with Crippen LogP contribution in [0, 0.1) is 0 Å². The van der Waals surface area contributed by atoms with Gasteiger partial charge in [0.15, 0.2) is 0 Å². The number of nitrogens with zero attached hydrogens (tertiary/aromatic N) is 2. The second-order valence-electron chi connectivity index (χ2n) is 8.61. The highest BCUT2D eigenvalue weighted by molar-refractivity contribution is 7.89. The molecule has 3 aromatic rings. The highest BCUT2D eigenvalue weighted by Crippen LogP contribution is 2.45. The summed E-state index contributed by atoms with van der Waals surface area (Å²) < 4.78 is 113. The van der Waals surface area contributed by atoms with Crippen molar-refractivity contribution in [2.75, 3.05) is 11.1 Å². The first-order valence-electron chi connectivity index (χ1n) is 10.0. The predicted molar refractivity (Wildman–Crippen MR) is 123 cm³/mol. The van der Waals surface area contributed by atoms with E-state index in [4.69, 9.17) is 17.3 Å². The third-order valence-corrected chi connectivity index (χ3v) is 6.44. The summed E-state index contributed by atoms with van der Waals surface area (Å²) in [4.78, 5) is 2.77. The zero-order chi connectivity index (χ0) is 28.0. The second-order valence-corrected chi connectivity index (χ2v) is 10.7. The van der Waals surface area contributed by atoms with E-state index < -0.39 is 60.5 Å². The first-order chi connectivity index (χ1) is 16.7. The Bertz CT molecular complexity index is 1420. The van der Waals surface area contributed by atoms with E-state index in [2.05, 4.69) is 30.0 Å². The molecule has 0 fully saturated rings. The summed E-state index contributed by atoms with van der Waals surface area (Å²) in [7, 11) is -4.58. The molecule has 0 aliphatic carbocycles. The van der Waals surface area contributed by atoms with Gasteiger partial charge in [0.25, 0.3) is 0 Å².